The molecule has 62 heavy (non-hydrogen) atoms. The lowest BCUT2D eigenvalue weighted by atomic mass is 10.1. The molecule has 16 nitrogen and oxygen atoms in total. The maximum absolute atomic E-state index is 12.5. The van der Waals surface area contributed by atoms with E-state index in [0.717, 1.165) is 0 Å². The van der Waals surface area contributed by atoms with Crippen molar-refractivity contribution < 1.29 is 76.3 Å². The highest BCUT2D eigenvalue weighted by Crippen LogP contribution is 2.12. The molecular weight excluding hydrogens is 808 g/mol. The van der Waals surface area contributed by atoms with Gasteiger partial charge in [0.25, 0.3) is 0 Å². The molecule has 0 aliphatic carbocycles. The fraction of sp³-hybridized carbons (Fsp3) is 0.174. The Labute approximate surface area is 354 Å². The van der Waals surface area contributed by atoms with Gasteiger partial charge in [-0.3, -0.25) is 0 Å². The number of benzene rings is 5. The van der Waals surface area contributed by atoms with E-state index in [4.69, 9.17) is 37.9 Å². The van der Waals surface area contributed by atoms with Crippen LogP contribution in [0.5, 0.6) is 0 Å². The van der Waals surface area contributed by atoms with E-state index in [1.54, 1.807) is 60.7 Å². The molecule has 0 saturated heterocycles. The number of hydrogen-bond donors (Lipinski definition) is 0. The third-order valence-corrected chi connectivity index (χ3v) is 8.29. The van der Waals surface area contributed by atoms with E-state index in [0.29, 0.717) is 11.1 Å². The molecule has 0 aromatic heterocycles. The normalized spacial score (nSPS) is 10.3. The van der Waals surface area contributed by atoms with Crippen LogP contribution in [0.4, 0.5) is 0 Å². The highest BCUT2D eigenvalue weighted by Gasteiger charge is 2.16. The summed E-state index contributed by atoms with van der Waals surface area (Å²) in [5.74, 6) is -5.37. The Bertz CT molecular complexity index is 2160. The Kier molecular flexibility index (Phi) is 17.0. The van der Waals surface area contributed by atoms with Crippen LogP contribution in [0.15, 0.2) is 133 Å². The van der Waals surface area contributed by atoms with E-state index in [9.17, 15) is 38.4 Å². The summed E-state index contributed by atoms with van der Waals surface area (Å²) < 4.78 is 40.9. The van der Waals surface area contributed by atoms with E-state index in [1.165, 1.54) is 72.8 Å². The van der Waals surface area contributed by atoms with Crippen LogP contribution in [0.25, 0.3) is 0 Å². The predicted octanol–water partition coefficient (Wildman–Crippen LogP) is 5.74. The van der Waals surface area contributed by atoms with Gasteiger partial charge in [-0.1, -0.05) is 36.4 Å². The molecule has 16 heteroatoms. The van der Waals surface area contributed by atoms with Crippen LogP contribution >= 0.6 is 0 Å². The summed E-state index contributed by atoms with van der Waals surface area (Å²) in [6.45, 7) is -1.65. The van der Waals surface area contributed by atoms with Gasteiger partial charge in [-0.25, -0.2) is 38.4 Å². The molecule has 0 atom stereocenters. The Morgan fingerprint density at radius 1 is 0.210 bits per heavy atom. The standard InChI is InChI=1S/C46H38O16/c47-39(31-7-3-1-4-8-31)55-23-25-57-41(49)33-11-15-35(16-12-33)43(51)59-27-29-61-45(53)37-19-21-38(22-20-37)46(54)62-30-28-60-44(52)36-17-13-34(14-18-36)42(50)58-26-24-56-40(48)32-9-5-2-6-10-32/h1-22H,23-30H2. The number of rotatable bonds is 20. The molecule has 0 radical (unpaired) electrons. The first kappa shape index (κ1) is 45.0. The van der Waals surface area contributed by atoms with Crippen molar-refractivity contribution in [3.63, 3.8) is 0 Å². The van der Waals surface area contributed by atoms with Crippen LogP contribution in [-0.4, -0.2) is 101 Å². The van der Waals surface area contributed by atoms with Crippen molar-refractivity contribution >= 4 is 47.8 Å². The minimum absolute atomic E-state index is 0.113. The van der Waals surface area contributed by atoms with E-state index < -0.39 is 47.8 Å². The monoisotopic (exact) mass is 846 g/mol. The average molecular weight is 847 g/mol. The van der Waals surface area contributed by atoms with Crippen molar-refractivity contribution in [1.82, 2.24) is 0 Å². The maximum Gasteiger partial charge on any atom is 0.338 e. The van der Waals surface area contributed by atoms with Crippen LogP contribution in [0.3, 0.4) is 0 Å². The van der Waals surface area contributed by atoms with Gasteiger partial charge in [-0.05, 0) is 97.1 Å². The largest absolute Gasteiger partial charge is 0.458 e. The van der Waals surface area contributed by atoms with Gasteiger partial charge in [-0.15, -0.1) is 0 Å². The molecule has 0 spiro atoms. The second kappa shape index (κ2) is 23.5. The van der Waals surface area contributed by atoms with E-state index >= 15 is 0 Å². The summed E-state index contributed by atoms with van der Waals surface area (Å²) in [6, 6.07) is 33.0. The number of carbonyl (C=O) groups is 8. The van der Waals surface area contributed by atoms with Crippen molar-refractivity contribution in [1.29, 1.82) is 0 Å². The van der Waals surface area contributed by atoms with Crippen molar-refractivity contribution in [2.75, 3.05) is 52.9 Å². The summed E-state index contributed by atoms with van der Waals surface area (Å²) in [5, 5.41) is 0. The lowest BCUT2D eigenvalue weighted by Crippen LogP contribution is -2.16. The zero-order valence-electron chi connectivity index (χ0n) is 32.9. The summed E-state index contributed by atoms with van der Waals surface area (Å²) in [7, 11) is 0. The molecule has 0 amide bonds. The molecule has 5 aromatic carbocycles. The predicted molar refractivity (Wildman–Crippen MR) is 214 cm³/mol. The molecule has 5 aromatic rings. The van der Waals surface area contributed by atoms with Crippen LogP contribution in [0.2, 0.25) is 0 Å². The molecular formula is C46H38O16. The summed E-state index contributed by atoms with van der Waals surface area (Å²) in [6.07, 6.45) is 0. The fourth-order valence-electron chi connectivity index (χ4n) is 5.12. The minimum Gasteiger partial charge on any atom is -0.458 e. The fourth-order valence-corrected chi connectivity index (χ4v) is 5.12. The Balaban J connectivity index is 0.916. The number of esters is 8. The molecule has 0 aliphatic rings. The van der Waals surface area contributed by atoms with Crippen LogP contribution in [-0.2, 0) is 37.9 Å². The first-order valence-electron chi connectivity index (χ1n) is 18.9. The Hall–Kier alpha value is -8.14. The van der Waals surface area contributed by atoms with Gasteiger partial charge >= 0.3 is 47.8 Å². The molecule has 0 bridgehead atoms. The van der Waals surface area contributed by atoms with E-state index in [1.807, 2.05) is 0 Å². The Morgan fingerprint density at radius 3 is 0.484 bits per heavy atom. The van der Waals surface area contributed by atoms with Crippen LogP contribution < -0.4 is 0 Å². The molecule has 0 fully saturated rings. The van der Waals surface area contributed by atoms with Gasteiger partial charge < -0.3 is 37.9 Å². The van der Waals surface area contributed by atoms with Crippen molar-refractivity contribution in [2.45, 2.75) is 0 Å². The second-order valence-corrected chi connectivity index (χ2v) is 12.6. The zero-order valence-corrected chi connectivity index (χ0v) is 32.9. The highest BCUT2D eigenvalue weighted by molar-refractivity contribution is 5.95. The molecule has 0 saturated carbocycles. The smallest absolute Gasteiger partial charge is 0.338 e. The number of ether oxygens (including phenoxy) is 8. The van der Waals surface area contributed by atoms with Crippen LogP contribution in [0.1, 0.15) is 82.9 Å². The van der Waals surface area contributed by atoms with Gasteiger partial charge in [0.15, 0.2) is 0 Å². The van der Waals surface area contributed by atoms with E-state index in [2.05, 4.69) is 0 Å². The second-order valence-electron chi connectivity index (χ2n) is 12.6. The van der Waals surface area contributed by atoms with Crippen molar-refractivity contribution in [3.05, 3.63) is 178 Å². The Morgan fingerprint density at radius 2 is 0.339 bits per heavy atom. The molecule has 318 valence electrons. The topological polar surface area (TPSA) is 210 Å². The zero-order chi connectivity index (χ0) is 44.1. The SMILES string of the molecule is O=C(OCCOC(=O)c1ccc(C(=O)OCCOC(=O)c2ccc(C(=O)OCCOC(=O)c3ccc(C(=O)OCCOC(=O)c4ccccc4)cc3)cc2)cc1)c1ccccc1. The minimum atomic E-state index is -0.739. The molecule has 0 heterocycles. The highest BCUT2D eigenvalue weighted by atomic mass is 16.6. The number of carbonyl (C=O) groups excluding carboxylic acids is 8. The molecule has 0 N–H and O–H groups in total. The third-order valence-electron chi connectivity index (χ3n) is 8.29. The van der Waals surface area contributed by atoms with Gasteiger partial charge in [0.2, 0.25) is 0 Å². The molecule has 0 aliphatic heterocycles. The summed E-state index contributed by atoms with van der Waals surface area (Å²) >= 11 is 0. The van der Waals surface area contributed by atoms with Gasteiger partial charge in [0, 0.05) is 0 Å². The maximum atomic E-state index is 12.5. The van der Waals surface area contributed by atoms with Gasteiger partial charge in [-0.2, -0.15) is 0 Å². The van der Waals surface area contributed by atoms with Gasteiger partial charge in [0.05, 0.1) is 44.5 Å². The number of hydrogen-bond acceptors (Lipinski definition) is 16. The van der Waals surface area contributed by atoms with E-state index in [-0.39, 0.29) is 86.2 Å². The lowest BCUT2D eigenvalue weighted by Gasteiger charge is -2.09. The van der Waals surface area contributed by atoms with Crippen molar-refractivity contribution in [3.8, 4) is 0 Å². The van der Waals surface area contributed by atoms with Crippen molar-refractivity contribution in [2.24, 2.45) is 0 Å². The first-order chi connectivity index (χ1) is 30.1. The molecule has 5 rings (SSSR count). The lowest BCUT2D eigenvalue weighted by molar-refractivity contribution is 0.0261. The quantitative estimate of drug-likeness (QED) is 0.0519. The van der Waals surface area contributed by atoms with Gasteiger partial charge in [0.1, 0.15) is 52.9 Å². The van der Waals surface area contributed by atoms with Crippen LogP contribution in [0, 0.1) is 0 Å². The first-order valence-corrected chi connectivity index (χ1v) is 18.9. The third kappa shape index (κ3) is 14.0. The molecule has 0 unspecified atom stereocenters. The average Bonchev–Trinajstić information content (AvgIpc) is 3.32. The summed E-state index contributed by atoms with van der Waals surface area (Å²) in [5.41, 5.74) is 1.56. The summed E-state index contributed by atoms with van der Waals surface area (Å²) in [4.78, 5) is 98.2.